The van der Waals surface area contributed by atoms with E-state index in [1.807, 2.05) is 12.3 Å². The molecule has 2 aliphatic heterocycles. The molecule has 3 aromatic rings. The highest BCUT2D eigenvalue weighted by Gasteiger charge is 2.39. The first-order valence-corrected chi connectivity index (χ1v) is 10.5. The lowest BCUT2D eigenvalue weighted by Crippen LogP contribution is -2.58. The van der Waals surface area contributed by atoms with Gasteiger partial charge in [0.1, 0.15) is 17.7 Å². The first-order chi connectivity index (χ1) is 15.0. The van der Waals surface area contributed by atoms with Crippen molar-refractivity contribution in [2.24, 2.45) is 5.10 Å². The van der Waals surface area contributed by atoms with Gasteiger partial charge in [0.2, 0.25) is 0 Å². The highest BCUT2D eigenvalue weighted by atomic mass is 32.1. The van der Waals surface area contributed by atoms with Crippen molar-refractivity contribution in [2.75, 3.05) is 13.1 Å². The fraction of sp³-hybridized carbons (Fsp3) is 0.300. The second-order valence-electron chi connectivity index (χ2n) is 7.32. The summed E-state index contributed by atoms with van der Waals surface area (Å²) in [7, 11) is 0. The number of halogens is 2. The van der Waals surface area contributed by atoms with E-state index in [2.05, 4.69) is 15.2 Å². The second kappa shape index (κ2) is 8.06. The first-order valence-electron chi connectivity index (χ1n) is 9.70. The van der Waals surface area contributed by atoms with Gasteiger partial charge in [-0.05, 0) is 23.8 Å². The van der Waals surface area contributed by atoms with Crippen molar-refractivity contribution in [3.63, 3.8) is 0 Å². The molecule has 11 heteroatoms. The van der Waals surface area contributed by atoms with Crippen LogP contribution in [0.5, 0.6) is 5.19 Å². The molecule has 0 N–H and O–H groups in total. The van der Waals surface area contributed by atoms with Crippen LogP contribution in [0.4, 0.5) is 13.6 Å². The summed E-state index contributed by atoms with van der Waals surface area (Å²) in [5.41, 5.74) is 0.379. The highest BCUT2D eigenvalue weighted by molar-refractivity contribution is 7.13. The third-order valence-electron chi connectivity index (χ3n) is 5.09. The standard InChI is InChI=1S/C20H18F2N6O2S/c21-14-6-13(7-15(22)8-14)18-2-4-25-28(18)20(29)26-10-16(11-26)30-19-23-9-17(31-19)12-27-5-1-3-24-27/h1,3-9,16,18H,2,10-12H2. The summed E-state index contributed by atoms with van der Waals surface area (Å²) in [6.45, 7) is 1.41. The minimum atomic E-state index is -0.679. The van der Waals surface area contributed by atoms with E-state index in [9.17, 15) is 13.6 Å². The van der Waals surface area contributed by atoms with Gasteiger partial charge in [-0.3, -0.25) is 4.68 Å². The van der Waals surface area contributed by atoms with E-state index in [4.69, 9.17) is 4.74 Å². The number of nitrogens with zero attached hydrogens (tertiary/aromatic N) is 6. The van der Waals surface area contributed by atoms with Crippen LogP contribution in [-0.2, 0) is 6.54 Å². The number of urea groups is 1. The van der Waals surface area contributed by atoms with Crippen LogP contribution >= 0.6 is 11.3 Å². The van der Waals surface area contributed by atoms with Crippen molar-refractivity contribution < 1.29 is 18.3 Å². The first kappa shape index (κ1) is 19.6. The van der Waals surface area contributed by atoms with E-state index >= 15 is 0 Å². The molecule has 0 spiro atoms. The molecule has 1 aromatic carbocycles. The maximum Gasteiger partial charge on any atom is 0.341 e. The number of hydrogen-bond acceptors (Lipinski definition) is 6. The second-order valence-corrected chi connectivity index (χ2v) is 8.40. The van der Waals surface area contributed by atoms with Gasteiger partial charge in [0.05, 0.1) is 25.7 Å². The molecule has 1 saturated heterocycles. The van der Waals surface area contributed by atoms with E-state index in [1.54, 1.807) is 28.2 Å². The van der Waals surface area contributed by atoms with Crippen molar-refractivity contribution in [1.29, 1.82) is 0 Å². The van der Waals surface area contributed by atoms with Gasteiger partial charge in [0.25, 0.3) is 5.19 Å². The summed E-state index contributed by atoms with van der Waals surface area (Å²) in [4.78, 5) is 19.7. The molecular weight excluding hydrogens is 426 g/mol. The Kier molecular flexibility index (Phi) is 5.10. The van der Waals surface area contributed by atoms with E-state index in [0.29, 0.717) is 36.8 Å². The van der Waals surface area contributed by atoms with E-state index in [-0.39, 0.29) is 12.1 Å². The number of ether oxygens (including phenoxy) is 1. The molecule has 4 heterocycles. The Labute approximate surface area is 180 Å². The summed E-state index contributed by atoms with van der Waals surface area (Å²) >= 11 is 1.44. The largest absolute Gasteiger partial charge is 0.463 e. The number of carbonyl (C=O) groups is 1. The van der Waals surface area contributed by atoms with E-state index in [0.717, 1.165) is 10.9 Å². The Morgan fingerprint density at radius 2 is 2.03 bits per heavy atom. The number of amides is 2. The van der Waals surface area contributed by atoms with Crippen molar-refractivity contribution in [1.82, 2.24) is 24.7 Å². The molecule has 2 amide bonds. The number of hydrogen-bond donors (Lipinski definition) is 0. The Bertz CT molecular complexity index is 1090. The average molecular weight is 444 g/mol. The van der Waals surface area contributed by atoms with Gasteiger partial charge in [-0.25, -0.2) is 23.6 Å². The summed E-state index contributed by atoms with van der Waals surface area (Å²) in [5, 5.41) is 10.1. The Balaban J connectivity index is 1.16. The average Bonchev–Trinajstić information content (AvgIpc) is 3.45. The molecule has 0 saturated carbocycles. The summed E-state index contributed by atoms with van der Waals surface area (Å²) in [5.74, 6) is -1.36. The van der Waals surface area contributed by atoms with Crippen LogP contribution in [0.2, 0.25) is 0 Å². The molecule has 0 radical (unpaired) electrons. The van der Waals surface area contributed by atoms with Crippen LogP contribution in [0.15, 0.2) is 48.0 Å². The molecule has 1 unspecified atom stereocenters. The number of hydrazone groups is 1. The predicted octanol–water partition coefficient (Wildman–Crippen LogP) is 3.28. The Morgan fingerprint density at radius 1 is 1.23 bits per heavy atom. The lowest BCUT2D eigenvalue weighted by Gasteiger charge is -2.40. The Hall–Kier alpha value is -3.34. The van der Waals surface area contributed by atoms with Gasteiger partial charge in [-0.2, -0.15) is 10.2 Å². The predicted molar refractivity (Wildman–Crippen MR) is 109 cm³/mol. The monoisotopic (exact) mass is 444 g/mol. The fourth-order valence-electron chi connectivity index (χ4n) is 3.57. The number of thiazole rings is 1. The summed E-state index contributed by atoms with van der Waals surface area (Å²) in [6, 6.07) is 4.28. The molecule has 1 atom stereocenters. The van der Waals surface area contributed by atoms with Crippen LogP contribution in [0.1, 0.15) is 22.9 Å². The van der Waals surface area contributed by atoms with Gasteiger partial charge < -0.3 is 9.64 Å². The number of benzene rings is 1. The molecular formula is C20H18F2N6O2S. The number of likely N-dealkylation sites (tertiary alicyclic amines) is 1. The zero-order valence-electron chi connectivity index (χ0n) is 16.3. The maximum atomic E-state index is 13.6. The van der Waals surface area contributed by atoms with Gasteiger partial charge in [-0.15, -0.1) is 0 Å². The number of carbonyl (C=O) groups excluding carboxylic acids is 1. The quantitative estimate of drug-likeness (QED) is 0.605. The molecule has 0 aliphatic carbocycles. The van der Waals surface area contributed by atoms with Crippen LogP contribution in [-0.4, -0.2) is 56.1 Å². The number of rotatable bonds is 5. The third kappa shape index (κ3) is 4.13. The van der Waals surface area contributed by atoms with Crippen LogP contribution in [0.25, 0.3) is 0 Å². The van der Waals surface area contributed by atoms with Crippen LogP contribution < -0.4 is 4.74 Å². The zero-order chi connectivity index (χ0) is 21.4. The molecule has 0 bridgehead atoms. The highest BCUT2D eigenvalue weighted by Crippen LogP contribution is 2.32. The maximum absolute atomic E-state index is 13.6. The third-order valence-corrected chi connectivity index (χ3v) is 5.96. The van der Waals surface area contributed by atoms with Crippen LogP contribution in [0, 0.1) is 11.6 Å². The lowest BCUT2D eigenvalue weighted by atomic mass is 10.0. The molecule has 5 rings (SSSR count). The van der Waals surface area contributed by atoms with Crippen molar-refractivity contribution in [3.05, 3.63) is 64.9 Å². The van der Waals surface area contributed by atoms with Crippen molar-refractivity contribution in [2.45, 2.75) is 25.1 Å². The van der Waals surface area contributed by atoms with E-state index in [1.165, 1.54) is 28.5 Å². The Morgan fingerprint density at radius 3 is 2.77 bits per heavy atom. The van der Waals surface area contributed by atoms with Crippen LogP contribution in [0.3, 0.4) is 0 Å². The fourth-order valence-corrected chi connectivity index (χ4v) is 4.39. The molecule has 2 aromatic heterocycles. The minimum absolute atomic E-state index is 0.163. The lowest BCUT2D eigenvalue weighted by molar-refractivity contribution is 0.0276. The normalized spacial score (nSPS) is 18.5. The SMILES string of the molecule is O=C(N1CC(Oc2ncc(Cn3cccn3)s2)C1)N1N=CCC1c1cc(F)cc(F)c1. The smallest absolute Gasteiger partial charge is 0.341 e. The molecule has 1 fully saturated rings. The van der Waals surface area contributed by atoms with Gasteiger partial charge in [0.15, 0.2) is 0 Å². The molecule has 160 valence electrons. The topological polar surface area (TPSA) is 75.9 Å². The minimum Gasteiger partial charge on any atom is -0.463 e. The van der Waals surface area contributed by atoms with Crippen molar-refractivity contribution in [3.8, 4) is 5.19 Å². The molecule has 8 nitrogen and oxygen atoms in total. The van der Waals surface area contributed by atoms with Gasteiger partial charge in [-0.1, -0.05) is 11.3 Å². The van der Waals surface area contributed by atoms with Gasteiger partial charge >= 0.3 is 6.03 Å². The van der Waals surface area contributed by atoms with Crippen molar-refractivity contribution >= 4 is 23.6 Å². The van der Waals surface area contributed by atoms with Gasteiger partial charge in [0, 0.05) is 42.2 Å². The summed E-state index contributed by atoms with van der Waals surface area (Å²) in [6.07, 6.45) is 7.17. The summed E-state index contributed by atoms with van der Waals surface area (Å²) < 4.78 is 34.8. The van der Waals surface area contributed by atoms with E-state index < -0.39 is 17.7 Å². The zero-order valence-corrected chi connectivity index (χ0v) is 17.1. The molecule has 2 aliphatic rings. The number of aromatic nitrogens is 3. The molecule has 31 heavy (non-hydrogen) atoms.